The molecule has 1 saturated heterocycles. The summed E-state index contributed by atoms with van der Waals surface area (Å²) < 4.78 is 11.2. The summed E-state index contributed by atoms with van der Waals surface area (Å²) in [7, 11) is 1.61. The highest BCUT2D eigenvalue weighted by Crippen LogP contribution is 2.39. The number of hydrogen-bond donors (Lipinski definition) is 2. The van der Waals surface area contributed by atoms with E-state index in [0.717, 1.165) is 23.4 Å². The molecule has 28 heavy (non-hydrogen) atoms. The molecule has 0 radical (unpaired) electrons. The maximum atomic E-state index is 12.9. The van der Waals surface area contributed by atoms with Crippen LogP contribution in [0.3, 0.4) is 0 Å². The van der Waals surface area contributed by atoms with E-state index in [-0.39, 0.29) is 17.3 Å². The van der Waals surface area contributed by atoms with Crippen molar-refractivity contribution in [2.75, 3.05) is 13.7 Å². The summed E-state index contributed by atoms with van der Waals surface area (Å²) in [4.78, 5) is 14.3. The number of phenols is 1. The Hall–Kier alpha value is -2.79. The summed E-state index contributed by atoms with van der Waals surface area (Å²) in [6.07, 6.45) is 5.36. The van der Waals surface area contributed by atoms with Crippen molar-refractivity contribution in [3.63, 3.8) is 0 Å². The van der Waals surface area contributed by atoms with Gasteiger partial charge in [0.05, 0.1) is 30.8 Å². The Morgan fingerprint density at radius 2 is 2.14 bits per heavy atom. The second-order valence-corrected chi connectivity index (χ2v) is 7.64. The smallest absolute Gasteiger partial charge is 0.231 e. The summed E-state index contributed by atoms with van der Waals surface area (Å²) in [6, 6.07) is 11.3. The Bertz CT molecular complexity index is 934. The number of hydrogen-bond acceptors (Lipinski definition) is 4. The largest absolute Gasteiger partial charge is 0.507 e. The number of ketones is 1. The van der Waals surface area contributed by atoms with Crippen LogP contribution < -0.4 is 14.4 Å². The van der Waals surface area contributed by atoms with Gasteiger partial charge in [0.15, 0.2) is 11.5 Å². The van der Waals surface area contributed by atoms with Gasteiger partial charge in [-0.2, -0.15) is 0 Å². The van der Waals surface area contributed by atoms with E-state index in [1.54, 1.807) is 25.3 Å². The second kappa shape index (κ2) is 7.68. The summed E-state index contributed by atoms with van der Waals surface area (Å²) in [5, 5.41) is 10.5. The Morgan fingerprint density at radius 3 is 2.93 bits per heavy atom. The van der Waals surface area contributed by atoms with Gasteiger partial charge < -0.3 is 19.5 Å². The van der Waals surface area contributed by atoms with E-state index in [9.17, 15) is 9.90 Å². The number of rotatable bonds is 4. The number of phenolic OH excluding ortho intramolecular Hbond substituents is 1. The van der Waals surface area contributed by atoms with Gasteiger partial charge in [-0.25, -0.2) is 0 Å². The van der Waals surface area contributed by atoms with Gasteiger partial charge in [-0.3, -0.25) is 4.79 Å². The van der Waals surface area contributed by atoms with Crippen LogP contribution in [0, 0.1) is 0 Å². The Labute approximate surface area is 165 Å². The van der Waals surface area contributed by atoms with Gasteiger partial charge in [0.2, 0.25) is 5.78 Å². The molecule has 4 rings (SSSR count). The van der Waals surface area contributed by atoms with Gasteiger partial charge in [0, 0.05) is 0 Å². The Kier molecular flexibility index (Phi) is 5.09. The molecule has 2 aliphatic rings. The fourth-order valence-corrected chi connectivity index (χ4v) is 4.09. The normalized spacial score (nSPS) is 22.8. The van der Waals surface area contributed by atoms with E-state index in [1.807, 2.05) is 24.3 Å². The molecule has 2 heterocycles. The maximum absolute atomic E-state index is 12.9. The molecular weight excluding hydrogens is 354 g/mol. The van der Waals surface area contributed by atoms with Gasteiger partial charge >= 0.3 is 0 Å². The maximum Gasteiger partial charge on any atom is 0.231 e. The van der Waals surface area contributed by atoms with E-state index in [1.165, 1.54) is 24.2 Å². The van der Waals surface area contributed by atoms with Crippen LogP contribution in [0.2, 0.25) is 0 Å². The number of carbonyl (C=O) groups excluding carboxylic acids is 1. The zero-order valence-electron chi connectivity index (χ0n) is 16.3. The first-order valence-electron chi connectivity index (χ1n) is 9.84. The number of aromatic hydroxyl groups is 1. The average Bonchev–Trinajstić information content (AvgIpc) is 3.01. The van der Waals surface area contributed by atoms with Crippen LogP contribution in [0.25, 0.3) is 6.08 Å². The van der Waals surface area contributed by atoms with E-state index >= 15 is 0 Å². The van der Waals surface area contributed by atoms with Crippen LogP contribution in [0.1, 0.15) is 47.7 Å². The zero-order valence-corrected chi connectivity index (χ0v) is 16.3. The van der Waals surface area contributed by atoms with Crippen LogP contribution in [0.4, 0.5) is 0 Å². The molecule has 2 aliphatic heterocycles. The minimum absolute atomic E-state index is 0.152. The number of benzene rings is 2. The topological polar surface area (TPSA) is 60.2 Å². The van der Waals surface area contributed by atoms with Gasteiger partial charge in [-0.15, -0.1) is 0 Å². The minimum Gasteiger partial charge on any atom is -0.507 e. The van der Waals surface area contributed by atoms with Crippen LogP contribution in [0.5, 0.6) is 17.2 Å². The summed E-state index contributed by atoms with van der Waals surface area (Å²) in [5.41, 5.74) is 2.08. The van der Waals surface area contributed by atoms with E-state index in [4.69, 9.17) is 9.47 Å². The number of quaternary nitrogens is 1. The molecule has 5 heteroatoms. The standard InChI is InChI=1S/C23H25NO4/c1-15-6-3-4-11-24(15)14-19-20(25)10-9-18-22(26)21(28-23(18)19)13-16-7-5-8-17(12-16)27-2/h5,7-10,12-13,15,25H,3-4,6,11,14H2,1-2H3/p+1/b21-13-/t15-/m1/s1. The number of allylic oxidation sites excluding steroid dienone is 1. The second-order valence-electron chi connectivity index (χ2n) is 7.64. The number of Topliss-reactive ketones (excluding diaryl/α,β-unsaturated/α-hetero) is 1. The van der Waals surface area contributed by atoms with E-state index in [0.29, 0.717) is 23.9 Å². The van der Waals surface area contributed by atoms with Crippen molar-refractivity contribution in [2.45, 2.75) is 38.8 Å². The molecule has 1 unspecified atom stereocenters. The minimum atomic E-state index is -0.152. The molecule has 0 spiro atoms. The number of piperidine rings is 1. The first-order valence-corrected chi connectivity index (χ1v) is 9.84. The molecule has 0 aliphatic carbocycles. The van der Waals surface area contributed by atoms with Gasteiger partial charge in [0.25, 0.3) is 0 Å². The number of methoxy groups -OCH3 is 1. The molecule has 1 fully saturated rings. The third kappa shape index (κ3) is 3.50. The number of nitrogens with one attached hydrogen (secondary N) is 1. The third-order valence-corrected chi connectivity index (χ3v) is 5.79. The SMILES string of the molecule is COc1cccc(/C=C2\Oc3c(ccc(O)c3C[NH+]3CCCC[C@H]3C)C2=O)c1. The fraction of sp³-hybridized carbons (Fsp3) is 0.348. The van der Waals surface area contributed by atoms with Crippen LogP contribution in [-0.4, -0.2) is 30.6 Å². The highest BCUT2D eigenvalue weighted by molar-refractivity contribution is 6.15. The molecule has 0 aromatic heterocycles. The number of ether oxygens (including phenoxy) is 2. The van der Waals surface area contributed by atoms with Gasteiger partial charge in [-0.1, -0.05) is 12.1 Å². The molecule has 2 N–H and O–H groups in total. The van der Waals surface area contributed by atoms with Crippen molar-refractivity contribution < 1.29 is 24.3 Å². The molecule has 0 saturated carbocycles. The first-order chi connectivity index (χ1) is 13.6. The molecule has 2 atom stereocenters. The lowest BCUT2D eigenvalue weighted by molar-refractivity contribution is -0.941. The fourth-order valence-electron chi connectivity index (χ4n) is 4.09. The van der Waals surface area contributed by atoms with Crippen molar-refractivity contribution >= 4 is 11.9 Å². The Balaban J connectivity index is 1.65. The molecule has 0 amide bonds. The average molecular weight is 380 g/mol. The molecule has 146 valence electrons. The number of fused-ring (bicyclic) bond motifs is 1. The van der Waals surface area contributed by atoms with Crippen LogP contribution in [0.15, 0.2) is 42.2 Å². The van der Waals surface area contributed by atoms with Crippen molar-refractivity contribution in [3.05, 3.63) is 58.8 Å². The van der Waals surface area contributed by atoms with E-state index in [2.05, 4.69) is 6.92 Å². The van der Waals surface area contributed by atoms with E-state index < -0.39 is 0 Å². The van der Waals surface area contributed by atoms with Crippen molar-refractivity contribution in [1.29, 1.82) is 0 Å². The number of carbonyl (C=O) groups is 1. The predicted molar refractivity (Wildman–Crippen MR) is 107 cm³/mol. The van der Waals surface area contributed by atoms with Crippen molar-refractivity contribution in [3.8, 4) is 17.2 Å². The summed E-state index contributed by atoms with van der Waals surface area (Å²) in [5.74, 6) is 1.54. The van der Waals surface area contributed by atoms with Crippen molar-refractivity contribution in [2.24, 2.45) is 0 Å². The molecule has 0 bridgehead atoms. The quantitative estimate of drug-likeness (QED) is 0.801. The van der Waals surface area contributed by atoms with Gasteiger partial charge in [-0.05, 0) is 62.1 Å². The summed E-state index contributed by atoms with van der Waals surface area (Å²) >= 11 is 0. The zero-order chi connectivity index (χ0) is 19.7. The van der Waals surface area contributed by atoms with Crippen LogP contribution in [-0.2, 0) is 6.54 Å². The van der Waals surface area contributed by atoms with Crippen molar-refractivity contribution in [1.82, 2.24) is 0 Å². The molecule has 5 nitrogen and oxygen atoms in total. The molecular formula is C23H26NO4+. The molecule has 2 aromatic carbocycles. The first kappa shape index (κ1) is 18.6. The molecule has 2 aromatic rings. The lowest BCUT2D eigenvalue weighted by Gasteiger charge is -2.30. The highest BCUT2D eigenvalue weighted by Gasteiger charge is 2.33. The van der Waals surface area contributed by atoms with Crippen LogP contribution >= 0.6 is 0 Å². The monoisotopic (exact) mass is 380 g/mol. The lowest BCUT2D eigenvalue weighted by Crippen LogP contribution is -3.14. The Morgan fingerprint density at radius 1 is 1.29 bits per heavy atom. The highest BCUT2D eigenvalue weighted by atomic mass is 16.5. The lowest BCUT2D eigenvalue weighted by atomic mass is 10.0. The predicted octanol–water partition coefficient (Wildman–Crippen LogP) is 2.97. The number of likely N-dealkylation sites (tertiary alicyclic amines) is 1. The summed E-state index contributed by atoms with van der Waals surface area (Å²) in [6.45, 7) is 3.98. The third-order valence-electron chi connectivity index (χ3n) is 5.79. The van der Waals surface area contributed by atoms with Gasteiger partial charge in [0.1, 0.15) is 18.0 Å².